The fraction of sp³-hybridized carbons (Fsp3) is 0.385. The molecule has 5 heteroatoms. The van der Waals surface area contributed by atoms with Crippen LogP contribution in [0.5, 0.6) is 0 Å². The molecule has 1 atom stereocenters. The predicted octanol–water partition coefficient (Wildman–Crippen LogP) is 1.29. The SMILES string of the molecule is N#CC(NC(=O)N1CCOCC1)c1ccccc1. The number of hydrogen-bond donors (Lipinski definition) is 1. The van der Waals surface area contributed by atoms with Crippen LogP contribution < -0.4 is 5.32 Å². The highest BCUT2D eigenvalue weighted by atomic mass is 16.5. The molecule has 18 heavy (non-hydrogen) atoms. The second-order valence-electron chi connectivity index (χ2n) is 4.02. The van der Waals surface area contributed by atoms with E-state index in [0.29, 0.717) is 26.3 Å². The Hall–Kier alpha value is -2.06. The van der Waals surface area contributed by atoms with E-state index in [2.05, 4.69) is 11.4 Å². The zero-order chi connectivity index (χ0) is 12.8. The molecule has 1 fully saturated rings. The Bertz CT molecular complexity index is 435. The molecule has 1 unspecified atom stereocenters. The van der Waals surface area contributed by atoms with Crippen LogP contribution in [0.1, 0.15) is 11.6 Å². The molecule has 0 radical (unpaired) electrons. The van der Waals surface area contributed by atoms with Crippen molar-refractivity contribution < 1.29 is 9.53 Å². The Morgan fingerprint density at radius 3 is 2.61 bits per heavy atom. The van der Waals surface area contributed by atoms with Crippen molar-refractivity contribution in [1.82, 2.24) is 10.2 Å². The van der Waals surface area contributed by atoms with Gasteiger partial charge in [0.25, 0.3) is 0 Å². The summed E-state index contributed by atoms with van der Waals surface area (Å²) in [7, 11) is 0. The standard InChI is InChI=1S/C13H15N3O2/c14-10-12(11-4-2-1-3-5-11)15-13(17)16-6-8-18-9-7-16/h1-5,12H,6-9H2,(H,15,17). The van der Waals surface area contributed by atoms with Gasteiger partial charge in [0.05, 0.1) is 19.3 Å². The summed E-state index contributed by atoms with van der Waals surface area (Å²) in [6.45, 7) is 2.24. The minimum absolute atomic E-state index is 0.214. The molecule has 1 saturated heterocycles. The largest absolute Gasteiger partial charge is 0.378 e. The summed E-state index contributed by atoms with van der Waals surface area (Å²) < 4.78 is 5.18. The molecule has 1 N–H and O–H groups in total. The Morgan fingerprint density at radius 2 is 2.00 bits per heavy atom. The fourth-order valence-electron chi connectivity index (χ4n) is 1.82. The lowest BCUT2D eigenvalue weighted by Gasteiger charge is -2.27. The van der Waals surface area contributed by atoms with Crippen molar-refractivity contribution in [2.75, 3.05) is 26.3 Å². The average molecular weight is 245 g/mol. The first kappa shape index (κ1) is 12.4. The molecule has 1 heterocycles. The first-order valence-corrected chi connectivity index (χ1v) is 5.89. The van der Waals surface area contributed by atoms with E-state index in [0.717, 1.165) is 5.56 Å². The molecule has 5 nitrogen and oxygen atoms in total. The minimum Gasteiger partial charge on any atom is -0.378 e. The lowest BCUT2D eigenvalue weighted by Crippen LogP contribution is -2.46. The van der Waals surface area contributed by atoms with Crippen molar-refractivity contribution in [3.63, 3.8) is 0 Å². The number of nitriles is 1. The van der Waals surface area contributed by atoms with E-state index in [-0.39, 0.29) is 6.03 Å². The number of nitrogens with zero attached hydrogens (tertiary/aromatic N) is 2. The molecular formula is C13H15N3O2. The third kappa shape index (κ3) is 2.99. The molecule has 0 bridgehead atoms. The monoisotopic (exact) mass is 245 g/mol. The van der Waals surface area contributed by atoms with Crippen LogP contribution in [-0.2, 0) is 4.74 Å². The number of carbonyl (C=O) groups excluding carboxylic acids is 1. The Kier molecular flexibility index (Phi) is 4.15. The molecule has 94 valence electrons. The number of rotatable bonds is 2. The molecule has 1 aromatic carbocycles. The van der Waals surface area contributed by atoms with Gasteiger partial charge in [-0.25, -0.2) is 4.79 Å². The van der Waals surface area contributed by atoms with Gasteiger partial charge in [-0.3, -0.25) is 0 Å². The lowest BCUT2D eigenvalue weighted by atomic mass is 10.1. The van der Waals surface area contributed by atoms with Crippen LogP contribution in [-0.4, -0.2) is 37.2 Å². The predicted molar refractivity (Wildman–Crippen MR) is 65.7 cm³/mol. The van der Waals surface area contributed by atoms with E-state index >= 15 is 0 Å². The molecule has 1 aromatic rings. The highest BCUT2D eigenvalue weighted by Gasteiger charge is 2.20. The fourth-order valence-corrected chi connectivity index (χ4v) is 1.82. The minimum atomic E-state index is -0.610. The van der Waals surface area contributed by atoms with E-state index in [1.54, 1.807) is 4.90 Å². The average Bonchev–Trinajstić information content (AvgIpc) is 2.46. The zero-order valence-corrected chi connectivity index (χ0v) is 10.0. The number of urea groups is 1. The van der Waals surface area contributed by atoms with Crippen molar-refractivity contribution in [3.8, 4) is 6.07 Å². The van der Waals surface area contributed by atoms with Crippen molar-refractivity contribution in [2.45, 2.75) is 6.04 Å². The number of amides is 2. The third-order valence-electron chi connectivity index (χ3n) is 2.83. The Morgan fingerprint density at radius 1 is 1.33 bits per heavy atom. The molecule has 0 saturated carbocycles. The maximum absolute atomic E-state index is 11.9. The number of benzene rings is 1. The number of morpholine rings is 1. The van der Waals surface area contributed by atoms with Crippen LogP contribution in [0.3, 0.4) is 0 Å². The van der Waals surface area contributed by atoms with E-state index in [1.807, 2.05) is 30.3 Å². The number of hydrogen-bond acceptors (Lipinski definition) is 3. The molecular weight excluding hydrogens is 230 g/mol. The summed E-state index contributed by atoms with van der Waals surface area (Å²) in [5, 5.41) is 11.8. The van der Waals surface area contributed by atoms with Gasteiger partial charge in [-0.05, 0) is 5.56 Å². The Labute approximate surface area is 106 Å². The van der Waals surface area contributed by atoms with E-state index in [4.69, 9.17) is 10.00 Å². The Balaban J connectivity index is 1.98. The topological polar surface area (TPSA) is 65.4 Å². The number of nitrogens with one attached hydrogen (secondary N) is 1. The van der Waals surface area contributed by atoms with Crippen molar-refractivity contribution >= 4 is 6.03 Å². The highest BCUT2D eigenvalue weighted by Crippen LogP contribution is 2.12. The van der Waals surface area contributed by atoms with Gasteiger partial charge in [0.2, 0.25) is 0 Å². The summed E-state index contributed by atoms with van der Waals surface area (Å²) in [6, 6.07) is 10.5. The maximum Gasteiger partial charge on any atom is 0.318 e. The van der Waals surface area contributed by atoms with E-state index in [1.165, 1.54) is 0 Å². The van der Waals surface area contributed by atoms with Gasteiger partial charge in [0.15, 0.2) is 0 Å². The molecule has 0 aromatic heterocycles. The van der Waals surface area contributed by atoms with Crippen molar-refractivity contribution in [3.05, 3.63) is 35.9 Å². The quantitative estimate of drug-likeness (QED) is 0.854. The van der Waals surface area contributed by atoms with Gasteiger partial charge in [0.1, 0.15) is 6.04 Å². The lowest BCUT2D eigenvalue weighted by molar-refractivity contribution is 0.0528. The van der Waals surface area contributed by atoms with Gasteiger partial charge in [0, 0.05) is 13.1 Å². The molecule has 1 aliphatic heterocycles. The molecule has 0 spiro atoms. The van der Waals surface area contributed by atoms with Gasteiger partial charge in [-0.15, -0.1) is 0 Å². The van der Waals surface area contributed by atoms with Crippen LogP contribution in [0.15, 0.2) is 30.3 Å². The highest BCUT2D eigenvalue weighted by molar-refractivity contribution is 5.75. The number of carbonyl (C=O) groups is 1. The van der Waals surface area contributed by atoms with E-state index < -0.39 is 6.04 Å². The summed E-state index contributed by atoms with van der Waals surface area (Å²) in [6.07, 6.45) is 0. The second-order valence-corrected chi connectivity index (χ2v) is 4.02. The number of ether oxygens (including phenoxy) is 1. The van der Waals surface area contributed by atoms with Crippen molar-refractivity contribution in [1.29, 1.82) is 5.26 Å². The van der Waals surface area contributed by atoms with Gasteiger partial charge in [-0.2, -0.15) is 5.26 Å². The van der Waals surface area contributed by atoms with Crippen LogP contribution >= 0.6 is 0 Å². The van der Waals surface area contributed by atoms with Gasteiger partial charge < -0.3 is 15.0 Å². The van der Waals surface area contributed by atoms with Gasteiger partial charge >= 0.3 is 6.03 Å². The zero-order valence-electron chi connectivity index (χ0n) is 10.0. The third-order valence-corrected chi connectivity index (χ3v) is 2.83. The summed E-state index contributed by atoms with van der Waals surface area (Å²) in [5.74, 6) is 0. The van der Waals surface area contributed by atoms with Crippen molar-refractivity contribution in [2.24, 2.45) is 0 Å². The second kappa shape index (κ2) is 6.03. The van der Waals surface area contributed by atoms with Crippen LogP contribution in [0.25, 0.3) is 0 Å². The molecule has 1 aliphatic rings. The summed E-state index contributed by atoms with van der Waals surface area (Å²) in [4.78, 5) is 13.6. The first-order chi connectivity index (χ1) is 8.81. The van der Waals surface area contributed by atoms with Crippen LogP contribution in [0.4, 0.5) is 4.79 Å². The summed E-state index contributed by atoms with van der Waals surface area (Å²) in [5.41, 5.74) is 0.793. The van der Waals surface area contributed by atoms with Gasteiger partial charge in [-0.1, -0.05) is 30.3 Å². The van der Waals surface area contributed by atoms with Crippen LogP contribution in [0.2, 0.25) is 0 Å². The maximum atomic E-state index is 11.9. The molecule has 0 aliphatic carbocycles. The molecule has 2 amide bonds. The normalized spacial score (nSPS) is 16.7. The first-order valence-electron chi connectivity index (χ1n) is 5.89. The van der Waals surface area contributed by atoms with E-state index in [9.17, 15) is 4.79 Å². The smallest absolute Gasteiger partial charge is 0.318 e. The summed E-state index contributed by atoms with van der Waals surface area (Å²) >= 11 is 0. The van der Waals surface area contributed by atoms with Crippen LogP contribution in [0, 0.1) is 11.3 Å². The molecule has 2 rings (SSSR count).